The summed E-state index contributed by atoms with van der Waals surface area (Å²) in [6.45, 7) is 3.27. The molecule has 0 spiro atoms. The van der Waals surface area contributed by atoms with Gasteiger partial charge < -0.3 is 10.2 Å². The molecule has 0 saturated heterocycles. The number of hydrogen-bond donors (Lipinski definition) is 1. The molecule has 0 heterocycles. The number of carbonyl (C=O) groups is 2. The summed E-state index contributed by atoms with van der Waals surface area (Å²) in [5, 5.41) is 3.32. The van der Waals surface area contributed by atoms with E-state index >= 15 is 0 Å². The minimum absolute atomic E-state index is 0.0386. The number of carbonyl (C=O) groups excluding carboxylic acids is 2. The van der Waals surface area contributed by atoms with Gasteiger partial charge in [-0.1, -0.05) is 53.5 Å². The van der Waals surface area contributed by atoms with Gasteiger partial charge >= 0.3 is 0 Å². The van der Waals surface area contributed by atoms with Crippen molar-refractivity contribution in [3.05, 3.63) is 64.1 Å². The lowest BCUT2D eigenvalue weighted by atomic mass is 10.1. The Kier molecular flexibility index (Phi) is 8.73. The molecular formula is C21H25Cl2N3O4S. The summed E-state index contributed by atoms with van der Waals surface area (Å²) in [6, 6.07) is 12.5. The average Bonchev–Trinajstić information content (AvgIpc) is 2.71. The highest BCUT2D eigenvalue weighted by atomic mass is 35.5. The zero-order valence-electron chi connectivity index (χ0n) is 17.5. The molecule has 2 amide bonds. The van der Waals surface area contributed by atoms with Crippen molar-refractivity contribution in [1.29, 1.82) is 0 Å². The van der Waals surface area contributed by atoms with Crippen LogP contribution in [0.3, 0.4) is 0 Å². The van der Waals surface area contributed by atoms with Crippen molar-refractivity contribution in [2.45, 2.75) is 26.4 Å². The first kappa shape index (κ1) is 25.0. The van der Waals surface area contributed by atoms with Gasteiger partial charge in [-0.25, -0.2) is 8.42 Å². The molecule has 2 aromatic carbocycles. The Hall–Kier alpha value is -2.29. The largest absolute Gasteiger partial charge is 0.355 e. The summed E-state index contributed by atoms with van der Waals surface area (Å²) in [5.41, 5.74) is 0.820. The predicted octanol–water partition coefficient (Wildman–Crippen LogP) is 3.31. The SMILES string of the molecule is CCNC(=O)[C@@H](C)N(Cc1ccccc1Cl)C(=O)CN(c1ccccc1Cl)S(C)(=O)=O. The fourth-order valence-corrected chi connectivity index (χ4v) is 4.31. The monoisotopic (exact) mass is 485 g/mol. The van der Waals surface area contributed by atoms with E-state index in [1.807, 2.05) is 0 Å². The van der Waals surface area contributed by atoms with Crippen LogP contribution in [0, 0.1) is 0 Å². The van der Waals surface area contributed by atoms with Crippen LogP contribution in [0.5, 0.6) is 0 Å². The first-order valence-corrected chi connectivity index (χ1v) is 12.2. The van der Waals surface area contributed by atoms with Crippen LogP contribution < -0.4 is 9.62 Å². The number of likely N-dealkylation sites (N-methyl/N-ethyl adjacent to an activating group) is 1. The molecule has 31 heavy (non-hydrogen) atoms. The molecule has 0 aliphatic rings. The van der Waals surface area contributed by atoms with Crippen LogP contribution in [0.2, 0.25) is 10.0 Å². The quantitative estimate of drug-likeness (QED) is 0.589. The standard InChI is InChI=1S/C21H25Cl2N3O4S/c1-4-24-21(28)15(2)25(13-16-9-5-6-10-17(16)22)20(27)14-26(31(3,29)30)19-12-8-7-11-18(19)23/h5-12,15H,4,13-14H2,1-3H3,(H,24,28)/t15-/m1/s1. The van der Waals surface area contributed by atoms with Crippen LogP contribution in [0.4, 0.5) is 5.69 Å². The van der Waals surface area contributed by atoms with Crippen LogP contribution in [0.15, 0.2) is 48.5 Å². The van der Waals surface area contributed by atoms with Crippen molar-refractivity contribution in [3.8, 4) is 0 Å². The summed E-state index contributed by atoms with van der Waals surface area (Å²) in [5.74, 6) is -0.921. The lowest BCUT2D eigenvalue weighted by Gasteiger charge is -2.31. The predicted molar refractivity (Wildman–Crippen MR) is 124 cm³/mol. The highest BCUT2D eigenvalue weighted by molar-refractivity contribution is 7.92. The Balaban J connectivity index is 2.41. The van der Waals surface area contributed by atoms with Crippen molar-refractivity contribution in [3.63, 3.8) is 0 Å². The Labute approximate surface area is 193 Å². The molecule has 0 saturated carbocycles. The topological polar surface area (TPSA) is 86.8 Å². The fraction of sp³-hybridized carbons (Fsp3) is 0.333. The molecule has 1 N–H and O–H groups in total. The van der Waals surface area contributed by atoms with Crippen molar-refractivity contribution >= 4 is 50.7 Å². The van der Waals surface area contributed by atoms with Crippen LogP contribution in [-0.4, -0.2) is 50.5 Å². The molecule has 0 aliphatic carbocycles. The molecule has 0 unspecified atom stereocenters. The van der Waals surface area contributed by atoms with Crippen LogP contribution in [0.25, 0.3) is 0 Å². The smallest absolute Gasteiger partial charge is 0.244 e. The van der Waals surface area contributed by atoms with Gasteiger partial charge in [-0.3, -0.25) is 13.9 Å². The minimum atomic E-state index is -3.83. The van der Waals surface area contributed by atoms with Crippen molar-refractivity contribution in [1.82, 2.24) is 10.2 Å². The molecule has 1 atom stereocenters. The molecule has 0 aliphatic heterocycles. The number of benzene rings is 2. The van der Waals surface area contributed by atoms with Gasteiger partial charge in [0.2, 0.25) is 21.8 Å². The molecule has 168 valence electrons. The van der Waals surface area contributed by atoms with Crippen molar-refractivity contribution in [2.24, 2.45) is 0 Å². The number of anilines is 1. The van der Waals surface area contributed by atoms with Gasteiger partial charge in [0.15, 0.2) is 0 Å². The third-order valence-corrected chi connectivity index (χ3v) is 6.43. The molecule has 2 rings (SSSR count). The fourth-order valence-electron chi connectivity index (χ4n) is 2.96. The zero-order valence-corrected chi connectivity index (χ0v) is 19.8. The van der Waals surface area contributed by atoms with E-state index in [4.69, 9.17) is 23.2 Å². The Bertz CT molecular complexity index is 1050. The number of nitrogens with one attached hydrogen (secondary N) is 1. The highest BCUT2D eigenvalue weighted by Crippen LogP contribution is 2.27. The van der Waals surface area contributed by atoms with E-state index in [1.165, 1.54) is 11.0 Å². The van der Waals surface area contributed by atoms with Gasteiger partial charge in [0, 0.05) is 18.1 Å². The third kappa shape index (κ3) is 6.59. The summed E-state index contributed by atoms with van der Waals surface area (Å²) in [7, 11) is -3.83. The normalized spacial score (nSPS) is 12.2. The lowest BCUT2D eigenvalue weighted by molar-refractivity contribution is -0.139. The van der Waals surface area contributed by atoms with Crippen molar-refractivity contribution in [2.75, 3.05) is 23.7 Å². The first-order valence-electron chi connectivity index (χ1n) is 9.59. The van der Waals surface area contributed by atoms with E-state index in [1.54, 1.807) is 56.3 Å². The number of rotatable bonds is 9. The number of amides is 2. The molecule has 0 radical (unpaired) electrons. The van der Waals surface area contributed by atoms with E-state index in [2.05, 4.69) is 5.32 Å². The Morgan fingerprint density at radius 1 is 1.03 bits per heavy atom. The molecule has 0 fully saturated rings. The van der Waals surface area contributed by atoms with E-state index < -0.39 is 28.5 Å². The Morgan fingerprint density at radius 3 is 2.16 bits per heavy atom. The minimum Gasteiger partial charge on any atom is -0.355 e. The number of halogens is 2. The average molecular weight is 486 g/mol. The maximum atomic E-state index is 13.3. The van der Waals surface area contributed by atoms with E-state index in [9.17, 15) is 18.0 Å². The summed E-state index contributed by atoms with van der Waals surface area (Å²) >= 11 is 12.4. The first-order chi connectivity index (χ1) is 14.6. The molecule has 2 aromatic rings. The van der Waals surface area contributed by atoms with Crippen LogP contribution in [-0.2, 0) is 26.2 Å². The van der Waals surface area contributed by atoms with Gasteiger partial charge in [-0.15, -0.1) is 0 Å². The van der Waals surface area contributed by atoms with Gasteiger partial charge in [0.25, 0.3) is 0 Å². The second-order valence-corrected chi connectivity index (χ2v) is 9.63. The van der Waals surface area contributed by atoms with E-state index in [-0.39, 0.29) is 23.2 Å². The van der Waals surface area contributed by atoms with Gasteiger partial charge in [0.05, 0.1) is 17.0 Å². The summed E-state index contributed by atoms with van der Waals surface area (Å²) in [6.07, 6.45) is 0.995. The molecule has 0 bridgehead atoms. The van der Waals surface area contributed by atoms with Crippen LogP contribution in [0.1, 0.15) is 19.4 Å². The Morgan fingerprint density at radius 2 is 1.61 bits per heavy atom. The number of para-hydroxylation sites is 1. The number of sulfonamides is 1. The molecular weight excluding hydrogens is 461 g/mol. The third-order valence-electron chi connectivity index (χ3n) is 4.62. The van der Waals surface area contributed by atoms with E-state index in [0.29, 0.717) is 17.1 Å². The maximum absolute atomic E-state index is 13.3. The number of hydrogen-bond acceptors (Lipinski definition) is 4. The van der Waals surface area contributed by atoms with Gasteiger partial charge in [-0.2, -0.15) is 0 Å². The summed E-state index contributed by atoms with van der Waals surface area (Å²) < 4.78 is 25.8. The van der Waals surface area contributed by atoms with E-state index in [0.717, 1.165) is 10.6 Å². The van der Waals surface area contributed by atoms with Crippen LogP contribution >= 0.6 is 23.2 Å². The van der Waals surface area contributed by atoms with Gasteiger partial charge in [0.1, 0.15) is 12.6 Å². The highest BCUT2D eigenvalue weighted by Gasteiger charge is 2.30. The van der Waals surface area contributed by atoms with Crippen molar-refractivity contribution < 1.29 is 18.0 Å². The maximum Gasteiger partial charge on any atom is 0.244 e. The second-order valence-electron chi connectivity index (χ2n) is 6.90. The molecule has 7 nitrogen and oxygen atoms in total. The zero-order chi connectivity index (χ0) is 23.2. The second kappa shape index (κ2) is 10.8. The number of nitrogens with zero attached hydrogens (tertiary/aromatic N) is 2. The lowest BCUT2D eigenvalue weighted by Crippen LogP contribution is -2.51. The van der Waals surface area contributed by atoms with Gasteiger partial charge in [-0.05, 0) is 37.6 Å². The molecule has 0 aromatic heterocycles. The molecule has 10 heteroatoms. The summed E-state index contributed by atoms with van der Waals surface area (Å²) in [4.78, 5) is 27.1.